The highest BCUT2D eigenvalue weighted by Gasteiger charge is 2.48. The van der Waals surface area contributed by atoms with E-state index in [1.54, 1.807) is 4.90 Å². The van der Waals surface area contributed by atoms with E-state index in [1.807, 2.05) is 38.1 Å². The Morgan fingerprint density at radius 2 is 1.79 bits per heavy atom. The maximum absolute atomic E-state index is 13.4. The summed E-state index contributed by atoms with van der Waals surface area (Å²) >= 11 is 0. The van der Waals surface area contributed by atoms with Crippen LogP contribution in [0, 0.1) is 5.92 Å². The van der Waals surface area contributed by atoms with Gasteiger partial charge in [0.15, 0.2) is 5.78 Å². The van der Waals surface area contributed by atoms with E-state index in [2.05, 4.69) is 22.0 Å². The molecule has 0 saturated carbocycles. The molecule has 1 aromatic rings. The van der Waals surface area contributed by atoms with Gasteiger partial charge in [0, 0.05) is 44.0 Å². The second-order valence-corrected chi connectivity index (χ2v) is 9.39. The molecule has 8 heteroatoms. The second-order valence-electron chi connectivity index (χ2n) is 9.39. The number of piperazine rings is 1. The number of fused-ring (bicyclic) bond motifs is 1. The SMILES string of the molecule is CCC(C)C(NC(=O)c1ccc(N2CCN(CC)CC2)cc1)C(=O)N1CC[C@H]2OCC(=O)[C@H]21. The largest absolute Gasteiger partial charge is 0.369 e. The van der Waals surface area contributed by atoms with Gasteiger partial charge in [-0.15, -0.1) is 0 Å². The number of carbonyl (C=O) groups excluding carboxylic acids is 3. The molecule has 4 atom stereocenters. The Labute approximate surface area is 196 Å². The summed E-state index contributed by atoms with van der Waals surface area (Å²) in [5.41, 5.74) is 1.64. The summed E-state index contributed by atoms with van der Waals surface area (Å²) in [6.45, 7) is 11.8. The Morgan fingerprint density at radius 1 is 1.09 bits per heavy atom. The van der Waals surface area contributed by atoms with E-state index in [0.29, 0.717) is 18.5 Å². The van der Waals surface area contributed by atoms with E-state index in [-0.39, 0.29) is 36.2 Å². The molecule has 3 aliphatic heterocycles. The molecule has 0 aliphatic carbocycles. The van der Waals surface area contributed by atoms with Gasteiger partial charge < -0.3 is 24.8 Å². The maximum atomic E-state index is 13.4. The Kier molecular flexibility index (Phi) is 7.34. The van der Waals surface area contributed by atoms with Crippen LogP contribution < -0.4 is 10.2 Å². The van der Waals surface area contributed by atoms with E-state index in [9.17, 15) is 14.4 Å². The van der Waals surface area contributed by atoms with Crippen molar-refractivity contribution in [3.8, 4) is 0 Å². The predicted octanol–water partition coefficient (Wildman–Crippen LogP) is 1.54. The fourth-order valence-corrected chi connectivity index (χ4v) is 5.07. The number of ketones is 1. The number of nitrogens with one attached hydrogen (secondary N) is 1. The monoisotopic (exact) mass is 456 g/mol. The number of likely N-dealkylation sites (tertiary alicyclic amines) is 1. The van der Waals surface area contributed by atoms with Crippen molar-refractivity contribution in [3.63, 3.8) is 0 Å². The van der Waals surface area contributed by atoms with Crippen molar-refractivity contribution < 1.29 is 19.1 Å². The third kappa shape index (κ3) is 4.92. The highest BCUT2D eigenvalue weighted by atomic mass is 16.5. The molecule has 0 bridgehead atoms. The van der Waals surface area contributed by atoms with Crippen LogP contribution in [0.2, 0.25) is 0 Å². The van der Waals surface area contributed by atoms with Crippen LogP contribution in [0.4, 0.5) is 5.69 Å². The molecular weight excluding hydrogens is 420 g/mol. The highest BCUT2D eigenvalue weighted by molar-refractivity contribution is 5.99. The molecule has 180 valence electrons. The van der Waals surface area contributed by atoms with Crippen molar-refractivity contribution in [2.24, 2.45) is 5.92 Å². The Morgan fingerprint density at radius 3 is 2.42 bits per heavy atom. The number of ether oxygens (including phenoxy) is 1. The normalized spacial score (nSPS) is 25.1. The van der Waals surface area contributed by atoms with Crippen molar-refractivity contribution in [1.29, 1.82) is 0 Å². The van der Waals surface area contributed by atoms with E-state index in [0.717, 1.165) is 44.8 Å². The van der Waals surface area contributed by atoms with Gasteiger partial charge in [0.05, 0.1) is 6.10 Å². The predicted molar refractivity (Wildman–Crippen MR) is 126 cm³/mol. The van der Waals surface area contributed by atoms with Crippen LogP contribution in [0.5, 0.6) is 0 Å². The van der Waals surface area contributed by atoms with Gasteiger partial charge in [-0.05, 0) is 43.1 Å². The van der Waals surface area contributed by atoms with Gasteiger partial charge in [-0.25, -0.2) is 0 Å². The molecule has 8 nitrogen and oxygen atoms in total. The summed E-state index contributed by atoms with van der Waals surface area (Å²) in [5, 5.41) is 2.97. The third-order valence-electron chi connectivity index (χ3n) is 7.47. The first-order valence-corrected chi connectivity index (χ1v) is 12.3. The Bertz CT molecular complexity index is 866. The molecule has 3 heterocycles. The van der Waals surface area contributed by atoms with Gasteiger partial charge >= 0.3 is 0 Å². The first-order chi connectivity index (χ1) is 15.9. The Balaban J connectivity index is 1.42. The molecular formula is C25H36N4O4. The average Bonchev–Trinajstić information content (AvgIpc) is 3.44. The van der Waals surface area contributed by atoms with Crippen molar-refractivity contribution in [2.75, 3.05) is 50.8 Å². The average molecular weight is 457 g/mol. The number of Topliss-reactive ketones (excluding diaryl/α,β-unsaturated/α-hetero) is 1. The van der Waals surface area contributed by atoms with E-state index in [4.69, 9.17) is 4.74 Å². The lowest BCUT2D eigenvalue weighted by atomic mass is 9.96. The number of nitrogens with zero attached hydrogens (tertiary/aromatic N) is 3. The minimum absolute atomic E-state index is 0.0459. The van der Waals surface area contributed by atoms with Crippen LogP contribution in [0.25, 0.3) is 0 Å². The van der Waals surface area contributed by atoms with Gasteiger partial charge in [-0.3, -0.25) is 14.4 Å². The molecule has 3 fully saturated rings. The lowest BCUT2D eigenvalue weighted by Gasteiger charge is -2.35. The molecule has 2 unspecified atom stereocenters. The van der Waals surface area contributed by atoms with Crippen molar-refractivity contribution >= 4 is 23.3 Å². The summed E-state index contributed by atoms with van der Waals surface area (Å²) in [6.07, 6.45) is 1.20. The minimum Gasteiger partial charge on any atom is -0.369 e. The highest BCUT2D eigenvalue weighted by Crippen LogP contribution is 2.28. The minimum atomic E-state index is -0.670. The summed E-state index contributed by atoms with van der Waals surface area (Å²) in [7, 11) is 0. The van der Waals surface area contributed by atoms with Gasteiger partial charge in [0.1, 0.15) is 18.7 Å². The zero-order valence-electron chi connectivity index (χ0n) is 20.0. The fraction of sp³-hybridized carbons (Fsp3) is 0.640. The van der Waals surface area contributed by atoms with Crippen LogP contribution in [-0.4, -0.2) is 91.5 Å². The fourth-order valence-electron chi connectivity index (χ4n) is 5.07. The number of benzene rings is 1. The maximum Gasteiger partial charge on any atom is 0.251 e. The van der Waals surface area contributed by atoms with Crippen LogP contribution in [0.1, 0.15) is 44.0 Å². The topological polar surface area (TPSA) is 82.2 Å². The standard InChI is InChI=1S/C25H36N4O4/c1-4-17(3)22(25(32)29-11-10-21-23(29)20(30)16-33-21)26-24(31)18-6-8-19(9-7-18)28-14-12-27(5-2)13-15-28/h6-9,17,21-23H,4-5,10-16H2,1-3H3,(H,26,31)/t17?,21-,22?,23-/m1/s1. The number of anilines is 1. The summed E-state index contributed by atoms with van der Waals surface area (Å²) in [5.74, 6) is -0.544. The molecule has 2 amide bonds. The molecule has 0 radical (unpaired) electrons. The second kappa shape index (κ2) is 10.2. The van der Waals surface area contributed by atoms with E-state index < -0.39 is 12.1 Å². The van der Waals surface area contributed by atoms with Gasteiger partial charge in [-0.2, -0.15) is 0 Å². The number of carbonyl (C=O) groups is 3. The molecule has 0 aromatic heterocycles. The number of hydrogen-bond acceptors (Lipinski definition) is 6. The summed E-state index contributed by atoms with van der Waals surface area (Å²) in [4.78, 5) is 45.1. The number of amides is 2. The smallest absolute Gasteiger partial charge is 0.251 e. The van der Waals surface area contributed by atoms with Gasteiger partial charge in [0.25, 0.3) is 5.91 Å². The van der Waals surface area contributed by atoms with Crippen molar-refractivity contribution in [1.82, 2.24) is 15.1 Å². The quantitative estimate of drug-likeness (QED) is 0.670. The zero-order valence-corrected chi connectivity index (χ0v) is 20.0. The van der Waals surface area contributed by atoms with Crippen LogP contribution in [0.3, 0.4) is 0 Å². The first kappa shape index (κ1) is 23.7. The molecule has 0 spiro atoms. The third-order valence-corrected chi connectivity index (χ3v) is 7.47. The van der Waals surface area contributed by atoms with E-state index in [1.165, 1.54) is 0 Å². The lowest BCUT2D eigenvalue weighted by Crippen LogP contribution is -2.54. The van der Waals surface area contributed by atoms with Crippen LogP contribution in [-0.2, 0) is 14.3 Å². The van der Waals surface area contributed by atoms with Crippen molar-refractivity contribution in [3.05, 3.63) is 29.8 Å². The van der Waals surface area contributed by atoms with Crippen LogP contribution >= 0.6 is 0 Å². The molecule has 1 aromatic carbocycles. The van der Waals surface area contributed by atoms with Crippen molar-refractivity contribution in [2.45, 2.75) is 51.8 Å². The van der Waals surface area contributed by atoms with Gasteiger partial charge in [0.2, 0.25) is 5.91 Å². The molecule has 4 rings (SSSR count). The number of likely N-dealkylation sites (N-methyl/N-ethyl adjacent to an activating group) is 1. The molecule has 1 N–H and O–H groups in total. The summed E-state index contributed by atoms with van der Waals surface area (Å²) in [6, 6.07) is 6.45. The number of rotatable bonds is 7. The zero-order chi connectivity index (χ0) is 23.5. The molecule has 3 saturated heterocycles. The molecule has 3 aliphatic rings. The van der Waals surface area contributed by atoms with Crippen LogP contribution in [0.15, 0.2) is 24.3 Å². The van der Waals surface area contributed by atoms with Gasteiger partial charge in [-0.1, -0.05) is 27.2 Å². The van der Waals surface area contributed by atoms with E-state index >= 15 is 0 Å². The Hall–Kier alpha value is -2.45. The molecule has 33 heavy (non-hydrogen) atoms. The summed E-state index contributed by atoms with van der Waals surface area (Å²) < 4.78 is 5.52. The number of hydrogen-bond donors (Lipinski definition) is 1. The lowest BCUT2D eigenvalue weighted by molar-refractivity contribution is -0.139. The first-order valence-electron chi connectivity index (χ1n) is 12.3.